The summed E-state index contributed by atoms with van der Waals surface area (Å²) in [5.74, 6) is -0.709. The molecule has 0 unspecified atom stereocenters. The first-order valence-corrected chi connectivity index (χ1v) is 6.08. The lowest BCUT2D eigenvalue weighted by molar-refractivity contribution is -0.137. The largest absolute Gasteiger partial charge is 0.481 e. The van der Waals surface area contributed by atoms with E-state index in [-0.39, 0.29) is 6.42 Å². The van der Waals surface area contributed by atoms with Crippen LogP contribution >= 0.6 is 0 Å². The lowest BCUT2D eigenvalue weighted by Gasteiger charge is -2.07. The van der Waals surface area contributed by atoms with Gasteiger partial charge in [0.1, 0.15) is 0 Å². The fourth-order valence-electron chi connectivity index (χ4n) is 1.67. The molecule has 0 bridgehead atoms. The van der Waals surface area contributed by atoms with E-state index < -0.39 is 5.97 Å². The number of nitrogens with one attached hydrogen (secondary N) is 1. The maximum atomic E-state index is 10.3. The number of unbranched alkanes of at least 4 members (excludes halogenated alkanes) is 1. The zero-order chi connectivity index (χ0) is 12.7. The van der Waals surface area contributed by atoms with Crippen LogP contribution < -0.4 is 5.32 Å². The second-order valence-corrected chi connectivity index (χ2v) is 4.45. The van der Waals surface area contributed by atoms with Crippen molar-refractivity contribution in [1.82, 2.24) is 5.32 Å². The van der Waals surface area contributed by atoms with Gasteiger partial charge in [-0.3, -0.25) is 4.79 Å². The molecule has 17 heavy (non-hydrogen) atoms. The van der Waals surface area contributed by atoms with Crippen molar-refractivity contribution >= 4 is 5.97 Å². The van der Waals surface area contributed by atoms with Crippen molar-refractivity contribution in [3.8, 4) is 0 Å². The molecule has 0 aliphatic rings. The number of carboxylic acids is 1. The fraction of sp³-hybridized carbons (Fsp3) is 0.500. The van der Waals surface area contributed by atoms with E-state index in [1.165, 1.54) is 16.7 Å². The fourth-order valence-corrected chi connectivity index (χ4v) is 1.67. The Hall–Kier alpha value is -1.35. The van der Waals surface area contributed by atoms with Crippen LogP contribution in [0.25, 0.3) is 0 Å². The van der Waals surface area contributed by atoms with Gasteiger partial charge in [0.05, 0.1) is 0 Å². The van der Waals surface area contributed by atoms with Crippen molar-refractivity contribution in [2.45, 2.75) is 39.7 Å². The molecule has 1 aromatic rings. The zero-order valence-electron chi connectivity index (χ0n) is 10.6. The molecule has 0 aromatic heterocycles. The number of rotatable bonds is 7. The van der Waals surface area contributed by atoms with Crippen molar-refractivity contribution in [3.05, 3.63) is 34.9 Å². The van der Waals surface area contributed by atoms with E-state index in [4.69, 9.17) is 5.11 Å². The first-order valence-electron chi connectivity index (χ1n) is 6.08. The predicted octanol–water partition coefficient (Wildman–Crippen LogP) is 2.65. The molecule has 3 nitrogen and oxygen atoms in total. The van der Waals surface area contributed by atoms with Gasteiger partial charge in [-0.25, -0.2) is 0 Å². The summed E-state index contributed by atoms with van der Waals surface area (Å²) in [6, 6.07) is 6.46. The summed E-state index contributed by atoms with van der Waals surface area (Å²) >= 11 is 0. The van der Waals surface area contributed by atoms with E-state index in [9.17, 15) is 4.79 Å². The quantitative estimate of drug-likeness (QED) is 0.714. The van der Waals surface area contributed by atoms with E-state index in [1.807, 2.05) is 0 Å². The Balaban J connectivity index is 2.18. The molecule has 0 saturated carbocycles. The predicted molar refractivity (Wildman–Crippen MR) is 69.1 cm³/mol. The minimum absolute atomic E-state index is 0.269. The number of benzene rings is 1. The van der Waals surface area contributed by atoms with E-state index >= 15 is 0 Å². The second kappa shape index (κ2) is 7.07. The molecule has 1 rings (SSSR count). The van der Waals surface area contributed by atoms with Crippen LogP contribution in [0.3, 0.4) is 0 Å². The molecule has 0 radical (unpaired) electrons. The van der Waals surface area contributed by atoms with Gasteiger partial charge in [0.15, 0.2) is 0 Å². The van der Waals surface area contributed by atoms with Crippen LogP contribution in [0.2, 0.25) is 0 Å². The highest BCUT2D eigenvalue weighted by Crippen LogP contribution is 2.09. The molecule has 0 aliphatic carbocycles. The van der Waals surface area contributed by atoms with Gasteiger partial charge in [-0.2, -0.15) is 0 Å². The molecule has 0 fully saturated rings. The number of hydrogen-bond donors (Lipinski definition) is 2. The highest BCUT2D eigenvalue weighted by Gasteiger charge is 1.98. The van der Waals surface area contributed by atoms with Crippen LogP contribution in [0, 0.1) is 13.8 Å². The smallest absolute Gasteiger partial charge is 0.303 e. The Morgan fingerprint density at radius 3 is 2.65 bits per heavy atom. The molecule has 0 atom stereocenters. The van der Waals surface area contributed by atoms with Gasteiger partial charge < -0.3 is 10.4 Å². The summed E-state index contributed by atoms with van der Waals surface area (Å²) in [5, 5.41) is 11.8. The lowest BCUT2D eigenvalue weighted by atomic mass is 10.1. The van der Waals surface area contributed by atoms with Gasteiger partial charge >= 0.3 is 5.97 Å². The third-order valence-electron chi connectivity index (χ3n) is 2.89. The monoisotopic (exact) mass is 235 g/mol. The molecule has 0 amide bonds. The van der Waals surface area contributed by atoms with Crippen molar-refractivity contribution in [2.24, 2.45) is 0 Å². The van der Waals surface area contributed by atoms with E-state index in [0.717, 1.165) is 25.9 Å². The van der Waals surface area contributed by atoms with Gasteiger partial charge in [0.25, 0.3) is 0 Å². The van der Waals surface area contributed by atoms with Crippen molar-refractivity contribution < 1.29 is 9.90 Å². The third kappa shape index (κ3) is 5.50. The molecule has 0 aliphatic heterocycles. The third-order valence-corrected chi connectivity index (χ3v) is 2.89. The maximum Gasteiger partial charge on any atom is 0.303 e. The van der Waals surface area contributed by atoms with Crippen LogP contribution in [0.5, 0.6) is 0 Å². The van der Waals surface area contributed by atoms with Crippen LogP contribution in [0.15, 0.2) is 18.2 Å². The number of aliphatic carboxylic acids is 1. The molecular weight excluding hydrogens is 214 g/mol. The van der Waals surface area contributed by atoms with Crippen molar-refractivity contribution in [2.75, 3.05) is 6.54 Å². The van der Waals surface area contributed by atoms with Crippen molar-refractivity contribution in [1.29, 1.82) is 0 Å². The standard InChI is InChI=1S/C14H21NO2/c1-11-6-7-13(9-12(11)2)10-15-8-4-3-5-14(16)17/h6-7,9,15H,3-5,8,10H2,1-2H3,(H,16,17). The summed E-state index contributed by atoms with van der Waals surface area (Å²) < 4.78 is 0. The Morgan fingerprint density at radius 2 is 2.00 bits per heavy atom. The molecular formula is C14H21NO2. The van der Waals surface area contributed by atoms with Gasteiger partial charge in [-0.05, 0) is 49.9 Å². The zero-order valence-corrected chi connectivity index (χ0v) is 10.6. The maximum absolute atomic E-state index is 10.3. The first kappa shape index (κ1) is 13.7. The van der Waals surface area contributed by atoms with Gasteiger partial charge in [-0.15, -0.1) is 0 Å². The number of hydrogen-bond acceptors (Lipinski definition) is 2. The Kier molecular flexibility index (Phi) is 5.70. The number of aryl methyl sites for hydroxylation is 2. The average Bonchev–Trinajstić information content (AvgIpc) is 2.27. The second-order valence-electron chi connectivity index (χ2n) is 4.45. The van der Waals surface area contributed by atoms with Gasteiger partial charge in [0.2, 0.25) is 0 Å². The molecule has 0 saturated heterocycles. The highest BCUT2D eigenvalue weighted by molar-refractivity contribution is 5.66. The Labute approximate surface area is 103 Å². The molecule has 2 N–H and O–H groups in total. The van der Waals surface area contributed by atoms with Crippen LogP contribution in [-0.2, 0) is 11.3 Å². The minimum Gasteiger partial charge on any atom is -0.481 e. The molecule has 1 aromatic carbocycles. The van der Waals surface area contributed by atoms with Gasteiger partial charge in [-0.1, -0.05) is 18.2 Å². The average molecular weight is 235 g/mol. The minimum atomic E-state index is -0.709. The van der Waals surface area contributed by atoms with E-state index in [0.29, 0.717) is 0 Å². The summed E-state index contributed by atoms with van der Waals surface area (Å²) in [6.45, 7) is 5.96. The van der Waals surface area contributed by atoms with E-state index in [1.54, 1.807) is 0 Å². The van der Waals surface area contributed by atoms with Crippen LogP contribution in [0.4, 0.5) is 0 Å². The summed E-state index contributed by atoms with van der Waals surface area (Å²) in [4.78, 5) is 10.3. The number of carbonyl (C=O) groups is 1. The van der Waals surface area contributed by atoms with Gasteiger partial charge in [0, 0.05) is 13.0 Å². The lowest BCUT2D eigenvalue weighted by Crippen LogP contribution is -2.15. The molecule has 0 heterocycles. The Morgan fingerprint density at radius 1 is 1.24 bits per heavy atom. The van der Waals surface area contributed by atoms with Crippen LogP contribution in [-0.4, -0.2) is 17.6 Å². The van der Waals surface area contributed by atoms with E-state index in [2.05, 4.69) is 37.4 Å². The van der Waals surface area contributed by atoms with Crippen LogP contribution in [0.1, 0.15) is 36.0 Å². The molecule has 0 spiro atoms. The SMILES string of the molecule is Cc1ccc(CNCCCCC(=O)O)cc1C. The van der Waals surface area contributed by atoms with Crippen molar-refractivity contribution in [3.63, 3.8) is 0 Å². The number of carboxylic acid groups (broad SMARTS) is 1. The summed E-state index contributed by atoms with van der Waals surface area (Å²) in [7, 11) is 0. The first-order chi connectivity index (χ1) is 8.09. The Bertz CT molecular complexity index is 374. The summed E-state index contributed by atoms with van der Waals surface area (Å²) in [5.41, 5.74) is 3.91. The summed E-state index contributed by atoms with van der Waals surface area (Å²) in [6.07, 6.45) is 1.93. The molecule has 3 heteroatoms. The normalized spacial score (nSPS) is 10.5. The molecule has 94 valence electrons. The highest BCUT2D eigenvalue weighted by atomic mass is 16.4. The topological polar surface area (TPSA) is 49.3 Å².